The minimum Gasteiger partial charge on any atom is -0.440 e. The maximum atomic E-state index is 14.0. The molecule has 130 valence electrons. The molecule has 1 saturated heterocycles. The number of oxazole rings is 1. The first-order valence-electron chi connectivity index (χ1n) is 8.60. The van der Waals surface area contributed by atoms with E-state index in [1.54, 1.807) is 23.5 Å². The molecule has 1 aliphatic heterocycles. The summed E-state index contributed by atoms with van der Waals surface area (Å²) in [5.41, 5.74) is 1.81. The summed E-state index contributed by atoms with van der Waals surface area (Å²) in [4.78, 5) is 9.36. The second-order valence-electron chi connectivity index (χ2n) is 6.67. The first kappa shape index (κ1) is 16.5. The van der Waals surface area contributed by atoms with Gasteiger partial charge in [-0.15, -0.1) is 11.3 Å². The van der Waals surface area contributed by atoms with Crippen molar-refractivity contribution in [2.75, 3.05) is 13.1 Å². The zero-order valence-electron chi connectivity index (χ0n) is 14.5. The Balaban J connectivity index is 1.47. The lowest BCUT2D eigenvalue weighted by Gasteiger charge is -2.15. The van der Waals surface area contributed by atoms with Gasteiger partial charge in [0.1, 0.15) is 11.6 Å². The molecule has 1 atom stereocenters. The summed E-state index contributed by atoms with van der Waals surface area (Å²) in [6.07, 6.45) is 0.981. The average molecular weight is 356 g/mol. The molecule has 0 radical (unpaired) electrons. The van der Waals surface area contributed by atoms with Gasteiger partial charge in [-0.3, -0.25) is 4.90 Å². The Morgan fingerprint density at radius 1 is 1.24 bits per heavy atom. The van der Waals surface area contributed by atoms with Gasteiger partial charge in [0, 0.05) is 23.9 Å². The van der Waals surface area contributed by atoms with E-state index in [9.17, 15) is 4.39 Å². The molecule has 25 heavy (non-hydrogen) atoms. The summed E-state index contributed by atoms with van der Waals surface area (Å²) in [5.74, 6) is 1.74. The van der Waals surface area contributed by atoms with Crippen LogP contribution in [-0.2, 0) is 6.54 Å². The zero-order valence-corrected chi connectivity index (χ0v) is 15.3. The van der Waals surface area contributed by atoms with Gasteiger partial charge in [-0.2, -0.15) is 0 Å². The summed E-state index contributed by atoms with van der Waals surface area (Å²) in [6.45, 7) is 6.62. The lowest BCUT2D eigenvalue weighted by atomic mass is 9.98. The van der Waals surface area contributed by atoms with Crippen LogP contribution in [-0.4, -0.2) is 23.0 Å². The van der Waals surface area contributed by atoms with Crippen LogP contribution in [0.15, 0.2) is 40.8 Å². The van der Waals surface area contributed by atoms with Crippen molar-refractivity contribution >= 4 is 11.3 Å². The number of thiophene rings is 1. The number of likely N-dealkylation sites (tertiary alicyclic amines) is 1. The summed E-state index contributed by atoms with van der Waals surface area (Å²) >= 11 is 1.69. The SMILES string of the molecule is Cc1ccc(-c2nc(CN3CC[C@@H](c4ccccc4F)C3)c(C)o2)s1. The van der Waals surface area contributed by atoms with Gasteiger partial charge in [0.2, 0.25) is 5.89 Å². The van der Waals surface area contributed by atoms with E-state index in [4.69, 9.17) is 9.40 Å². The first-order valence-corrected chi connectivity index (χ1v) is 9.41. The molecule has 0 saturated carbocycles. The summed E-state index contributed by atoms with van der Waals surface area (Å²) < 4.78 is 19.9. The molecule has 0 spiro atoms. The van der Waals surface area contributed by atoms with E-state index in [0.29, 0.717) is 5.89 Å². The van der Waals surface area contributed by atoms with Crippen molar-refractivity contribution in [3.63, 3.8) is 0 Å². The van der Waals surface area contributed by atoms with Gasteiger partial charge in [-0.05, 0) is 50.6 Å². The molecule has 0 amide bonds. The minimum atomic E-state index is -0.0951. The highest BCUT2D eigenvalue weighted by Gasteiger charge is 2.27. The number of rotatable bonds is 4. The van der Waals surface area contributed by atoms with Crippen LogP contribution >= 0.6 is 11.3 Å². The topological polar surface area (TPSA) is 29.3 Å². The molecule has 3 heterocycles. The Morgan fingerprint density at radius 2 is 2.08 bits per heavy atom. The predicted molar refractivity (Wildman–Crippen MR) is 98.3 cm³/mol. The van der Waals surface area contributed by atoms with Crippen molar-refractivity contribution < 1.29 is 8.81 Å². The summed E-state index contributed by atoms with van der Waals surface area (Å²) in [6, 6.07) is 11.3. The number of nitrogens with zero attached hydrogens (tertiary/aromatic N) is 2. The van der Waals surface area contributed by atoms with Crippen molar-refractivity contribution in [1.29, 1.82) is 0 Å². The highest BCUT2D eigenvalue weighted by molar-refractivity contribution is 7.15. The number of aromatic nitrogens is 1. The Hall–Kier alpha value is -1.98. The molecule has 3 nitrogen and oxygen atoms in total. The van der Waals surface area contributed by atoms with Crippen LogP contribution in [0.4, 0.5) is 4.39 Å². The van der Waals surface area contributed by atoms with Crippen LogP contribution in [0.5, 0.6) is 0 Å². The fourth-order valence-corrected chi connectivity index (χ4v) is 4.27. The molecule has 5 heteroatoms. The molecule has 0 N–H and O–H groups in total. The second-order valence-corrected chi connectivity index (χ2v) is 7.96. The summed E-state index contributed by atoms with van der Waals surface area (Å²) in [5, 5.41) is 0. The number of hydrogen-bond acceptors (Lipinski definition) is 4. The largest absolute Gasteiger partial charge is 0.440 e. The molecule has 0 aliphatic carbocycles. The smallest absolute Gasteiger partial charge is 0.236 e. The van der Waals surface area contributed by atoms with Crippen molar-refractivity contribution in [3.8, 4) is 10.8 Å². The van der Waals surface area contributed by atoms with Crippen LogP contribution in [0.2, 0.25) is 0 Å². The normalized spacial score (nSPS) is 18.1. The van der Waals surface area contributed by atoms with Crippen molar-refractivity contribution in [3.05, 3.63) is 64.1 Å². The third kappa shape index (κ3) is 3.39. The fraction of sp³-hybridized carbons (Fsp3) is 0.350. The van der Waals surface area contributed by atoms with Crippen LogP contribution in [0.3, 0.4) is 0 Å². The van der Waals surface area contributed by atoms with Gasteiger partial charge in [0.25, 0.3) is 0 Å². The van der Waals surface area contributed by atoms with Gasteiger partial charge < -0.3 is 4.42 Å². The Kier molecular flexibility index (Phi) is 4.44. The van der Waals surface area contributed by atoms with Crippen LogP contribution < -0.4 is 0 Å². The van der Waals surface area contributed by atoms with E-state index >= 15 is 0 Å². The number of hydrogen-bond donors (Lipinski definition) is 0. The molecule has 1 aliphatic rings. The predicted octanol–water partition coefficient (Wildman–Crippen LogP) is 5.15. The lowest BCUT2D eigenvalue weighted by Crippen LogP contribution is -2.20. The minimum absolute atomic E-state index is 0.0951. The molecule has 2 aromatic heterocycles. The molecule has 1 fully saturated rings. The van der Waals surface area contributed by atoms with Crippen molar-refractivity contribution in [1.82, 2.24) is 9.88 Å². The van der Waals surface area contributed by atoms with Gasteiger partial charge >= 0.3 is 0 Å². The first-order chi connectivity index (χ1) is 12.1. The van der Waals surface area contributed by atoms with E-state index in [0.717, 1.165) is 47.9 Å². The van der Waals surface area contributed by atoms with Crippen LogP contribution in [0, 0.1) is 19.7 Å². The van der Waals surface area contributed by atoms with Gasteiger partial charge in [0.05, 0.1) is 10.6 Å². The van der Waals surface area contributed by atoms with Crippen molar-refractivity contribution in [2.24, 2.45) is 0 Å². The standard InChI is InChI=1S/C20H21FN2OS/c1-13-7-8-19(25-13)20-22-18(14(2)24-20)12-23-10-9-15(11-23)16-5-3-4-6-17(16)21/h3-8,15H,9-12H2,1-2H3/t15-/m1/s1. The third-order valence-electron chi connectivity index (χ3n) is 4.83. The Morgan fingerprint density at radius 3 is 2.84 bits per heavy atom. The number of aryl methyl sites for hydroxylation is 2. The Labute approximate surface area is 151 Å². The van der Waals surface area contributed by atoms with E-state index in [2.05, 4.69) is 24.0 Å². The molecular weight excluding hydrogens is 335 g/mol. The zero-order chi connectivity index (χ0) is 17.4. The van der Waals surface area contributed by atoms with E-state index in [1.165, 1.54) is 4.88 Å². The molecular formula is C20H21FN2OS. The third-order valence-corrected chi connectivity index (χ3v) is 5.82. The average Bonchev–Trinajstić information content (AvgIpc) is 3.30. The maximum Gasteiger partial charge on any atom is 0.236 e. The Bertz CT molecular complexity index is 885. The molecule has 0 bridgehead atoms. The highest BCUT2D eigenvalue weighted by Crippen LogP contribution is 2.32. The molecule has 0 unspecified atom stereocenters. The van der Waals surface area contributed by atoms with E-state index in [-0.39, 0.29) is 11.7 Å². The second kappa shape index (κ2) is 6.73. The van der Waals surface area contributed by atoms with E-state index in [1.807, 2.05) is 19.1 Å². The quantitative estimate of drug-likeness (QED) is 0.647. The van der Waals surface area contributed by atoms with Gasteiger partial charge in [0.15, 0.2) is 0 Å². The monoisotopic (exact) mass is 356 g/mol. The number of benzene rings is 1. The maximum absolute atomic E-state index is 14.0. The van der Waals surface area contributed by atoms with Gasteiger partial charge in [-0.1, -0.05) is 18.2 Å². The summed E-state index contributed by atoms with van der Waals surface area (Å²) in [7, 11) is 0. The molecule has 3 aromatic rings. The highest BCUT2D eigenvalue weighted by atomic mass is 32.1. The van der Waals surface area contributed by atoms with E-state index < -0.39 is 0 Å². The van der Waals surface area contributed by atoms with Crippen LogP contribution in [0.1, 0.15) is 34.2 Å². The number of halogens is 1. The molecule has 1 aromatic carbocycles. The van der Waals surface area contributed by atoms with Crippen LogP contribution in [0.25, 0.3) is 10.8 Å². The molecule has 4 rings (SSSR count). The van der Waals surface area contributed by atoms with Crippen molar-refractivity contribution in [2.45, 2.75) is 32.7 Å². The fourth-order valence-electron chi connectivity index (χ4n) is 3.48. The van der Waals surface area contributed by atoms with Gasteiger partial charge in [-0.25, -0.2) is 9.37 Å². The lowest BCUT2D eigenvalue weighted by molar-refractivity contribution is 0.320.